The Kier molecular flexibility index (Phi) is 6.04. The highest BCUT2D eigenvalue weighted by Crippen LogP contribution is 2.24. The second-order valence-corrected chi connectivity index (χ2v) is 7.38. The first kappa shape index (κ1) is 20.3. The Balaban J connectivity index is 1.81. The first-order chi connectivity index (χ1) is 15.2. The zero-order chi connectivity index (χ0) is 21.6. The summed E-state index contributed by atoms with van der Waals surface area (Å²) in [5.41, 5.74) is 6.44. The third-order valence-corrected chi connectivity index (χ3v) is 5.09. The van der Waals surface area contributed by atoms with Gasteiger partial charge in [-0.1, -0.05) is 98.1 Å². The summed E-state index contributed by atoms with van der Waals surface area (Å²) < 4.78 is 0. The number of hydrogen-bond acceptors (Lipinski definition) is 3. The summed E-state index contributed by atoms with van der Waals surface area (Å²) in [7, 11) is 0. The molecular weight excluding hydrogens is 378 g/mol. The van der Waals surface area contributed by atoms with Crippen molar-refractivity contribution >= 4 is 11.7 Å². The van der Waals surface area contributed by atoms with E-state index < -0.39 is 0 Å². The summed E-state index contributed by atoms with van der Waals surface area (Å²) in [5, 5.41) is 3.46. The van der Waals surface area contributed by atoms with E-state index in [0.29, 0.717) is 0 Å². The van der Waals surface area contributed by atoms with E-state index in [1.807, 2.05) is 42.5 Å². The maximum atomic E-state index is 4.92. The van der Waals surface area contributed by atoms with E-state index in [1.54, 1.807) is 12.2 Å². The van der Waals surface area contributed by atoms with Crippen molar-refractivity contribution < 1.29 is 0 Å². The van der Waals surface area contributed by atoms with Crippen molar-refractivity contribution in [1.82, 2.24) is 5.32 Å². The molecule has 152 valence electrons. The first-order valence-corrected chi connectivity index (χ1v) is 10.3. The van der Waals surface area contributed by atoms with Crippen LogP contribution in [0, 0.1) is 6.92 Å². The van der Waals surface area contributed by atoms with Crippen LogP contribution in [0.5, 0.6) is 0 Å². The molecule has 0 bridgehead atoms. The van der Waals surface area contributed by atoms with Crippen molar-refractivity contribution in [3.63, 3.8) is 0 Å². The molecule has 1 N–H and O–H groups in total. The lowest BCUT2D eigenvalue weighted by atomic mass is 9.99. The quantitative estimate of drug-likeness (QED) is 0.497. The minimum atomic E-state index is -0.386. The Morgan fingerprint density at radius 1 is 0.774 bits per heavy atom. The van der Waals surface area contributed by atoms with Crippen molar-refractivity contribution in [3.8, 4) is 11.1 Å². The Morgan fingerprint density at radius 3 is 1.97 bits per heavy atom. The van der Waals surface area contributed by atoms with Gasteiger partial charge < -0.3 is 5.32 Å². The molecule has 0 radical (unpaired) electrons. The van der Waals surface area contributed by atoms with Crippen molar-refractivity contribution in [3.05, 3.63) is 133 Å². The van der Waals surface area contributed by atoms with Gasteiger partial charge in [0, 0.05) is 11.1 Å². The maximum Gasteiger partial charge on any atom is 0.169 e. The lowest BCUT2D eigenvalue weighted by Crippen LogP contribution is -2.38. The lowest BCUT2D eigenvalue weighted by molar-refractivity contribution is 0.815. The van der Waals surface area contributed by atoms with Crippen molar-refractivity contribution in [2.75, 3.05) is 0 Å². The van der Waals surface area contributed by atoms with Gasteiger partial charge in [-0.05, 0) is 41.3 Å². The van der Waals surface area contributed by atoms with Crippen LogP contribution >= 0.6 is 0 Å². The standard InChI is InChI=1S/C28H25N3/c1-4-12-21(5-2)26-29-27(23-15-10-7-11-16-23)31-28(30-26)25-18-20(3)17-24(19-25)22-13-8-6-9-14-22/h4-19,26H,1-2H2,3H3,(H,29,30,31)/b21-12+. The molecule has 4 rings (SSSR count). The minimum Gasteiger partial charge on any atom is -0.324 e. The second-order valence-electron chi connectivity index (χ2n) is 7.38. The lowest BCUT2D eigenvalue weighted by Gasteiger charge is -2.23. The van der Waals surface area contributed by atoms with E-state index >= 15 is 0 Å². The molecule has 0 saturated heterocycles. The molecule has 1 aliphatic rings. The van der Waals surface area contributed by atoms with E-state index in [0.717, 1.165) is 33.9 Å². The topological polar surface area (TPSA) is 36.8 Å². The van der Waals surface area contributed by atoms with Crippen LogP contribution in [0.4, 0.5) is 0 Å². The van der Waals surface area contributed by atoms with Crippen LogP contribution in [0.3, 0.4) is 0 Å². The van der Waals surface area contributed by atoms with Crippen LogP contribution in [0.25, 0.3) is 11.1 Å². The van der Waals surface area contributed by atoms with Gasteiger partial charge in [-0.25, -0.2) is 9.98 Å². The number of allylic oxidation sites excluding steroid dienone is 2. The molecule has 3 nitrogen and oxygen atoms in total. The van der Waals surface area contributed by atoms with Crippen molar-refractivity contribution in [2.45, 2.75) is 13.1 Å². The normalized spacial score (nSPS) is 16.0. The SMILES string of the molecule is C=C/C=C(\C=C)C1N=C(c2ccccc2)NC(c2cc(C)cc(-c3ccccc3)c2)=N1. The van der Waals surface area contributed by atoms with Gasteiger partial charge in [0.25, 0.3) is 0 Å². The third-order valence-electron chi connectivity index (χ3n) is 5.09. The monoisotopic (exact) mass is 403 g/mol. The van der Waals surface area contributed by atoms with Crippen LogP contribution in [0.1, 0.15) is 16.7 Å². The van der Waals surface area contributed by atoms with Gasteiger partial charge in [-0.15, -0.1) is 0 Å². The molecular formula is C28H25N3. The molecule has 1 atom stereocenters. The number of nitrogens with one attached hydrogen (secondary N) is 1. The largest absolute Gasteiger partial charge is 0.324 e. The number of benzene rings is 3. The zero-order valence-corrected chi connectivity index (χ0v) is 17.6. The maximum absolute atomic E-state index is 4.92. The molecule has 1 heterocycles. The number of rotatable bonds is 6. The van der Waals surface area contributed by atoms with Crippen LogP contribution in [-0.2, 0) is 0 Å². The fourth-order valence-electron chi connectivity index (χ4n) is 3.60. The third kappa shape index (κ3) is 4.62. The Labute approximate surface area is 183 Å². The Morgan fingerprint density at radius 2 is 1.35 bits per heavy atom. The van der Waals surface area contributed by atoms with Gasteiger partial charge in [0.05, 0.1) is 0 Å². The fourth-order valence-corrected chi connectivity index (χ4v) is 3.60. The van der Waals surface area contributed by atoms with Gasteiger partial charge >= 0.3 is 0 Å². The van der Waals surface area contributed by atoms with E-state index in [1.165, 1.54) is 11.1 Å². The van der Waals surface area contributed by atoms with Gasteiger partial charge in [0.15, 0.2) is 6.17 Å². The van der Waals surface area contributed by atoms with Gasteiger partial charge in [0.1, 0.15) is 11.7 Å². The molecule has 1 aliphatic heterocycles. The first-order valence-electron chi connectivity index (χ1n) is 10.3. The molecule has 0 amide bonds. The molecule has 31 heavy (non-hydrogen) atoms. The average molecular weight is 404 g/mol. The van der Waals surface area contributed by atoms with E-state index in [9.17, 15) is 0 Å². The number of aliphatic imine (C=N–C) groups is 2. The Hall–Kier alpha value is -3.98. The summed E-state index contributed by atoms with van der Waals surface area (Å²) in [6.45, 7) is 9.87. The number of aryl methyl sites for hydroxylation is 1. The second kappa shape index (κ2) is 9.23. The number of amidine groups is 2. The smallest absolute Gasteiger partial charge is 0.169 e. The highest BCUT2D eigenvalue weighted by Gasteiger charge is 2.21. The number of nitrogens with zero attached hydrogens (tertiary/aromatic N) is 2. The van der Waals surface area contributed by atoms with Crippen molar-refractivity contribution in [2.24, 2.45) is 9.98 Å². The van der Waals surface area contributed by atoms with Gasteiger partial charge in [-0.2, -0.15) is 0 Å². The molecule has 3 heteroatoms. The molecule has 0 aliphatic carbocycles. The number of hydrogen-bond donors (Lipinski definition) is 1. The molecule has 0 spiro atoms. The van der Waals surface area contributed by atoms with E-state index in [4.69, 9.17) is 9.98 Å². The summed E-state index contributed by atoms with van der Waals surface area (Å²) in [6.07, 6.45) is 5.05. The summed E-state index contributed by atoms with van der Waals surface area (Å²) in [4.78, 5) is 9.78. The fraction of sp³-hybridized carbons (Fsp3) is 0.0714. The molecule has 0 fully saturated rings. The highest BCUT2D eigenvalue weighted by atomic mass is 15.2. The van der Waals surface area contributed by atoms with Crippen molar-refractivity contribution in [1.29, 1.82) is 0 Å². The summed E-state index contributed by atoms with van der Waals surface area (Å²) in [5.74, 6) is 1.58. The highest BCUT2D eigenvalue weighted by molar-refractivity contribution is 6.16. The van der Waals surface area contributed by atoms with Crippen LogP contribution < -0.4 is 5.32 Å². The minimum absolute atomic E-state index is 0.386. The molecule has 0 saturated carbocycles. The predicted molar refractivity (Wildman–Crippen MR) is 132 cm³/mol. The molecule has 0 aromatic heterocycles. The molecule has 3 aromatic rings. The molecule has 1 unspecified atom stereocenters. The van der Waals surface area contributed by atoms with Gasteiger partial charge in [-0.3, -0.25) is 0 Å². The van der Waals surface area contributed by atoms with Crippen LogP contribution in [0.15, 0.2) is 126 Å². The van der Waals surface area contributed by atoms with Gasteiger partial charge in [0.2, 0.25) is 0 Å². The predicted octanol–water partition coefficient (Wildman–Crippen LogP) is 6.08. The van der Waals surface area contributed by atoms with Crippen LogP contribution in [-0.4, -0.2) is 17.8 Å². The van der Waals surface area contributed by atoms with Crippen LogP contribution in [0.2, 0.25) is 0 Å². The Bertz CT molecular complexity index is 1190. The average Bonchev–Trinajstić information content (AvgIpc) is 2.83. The van der Waals surface area contributed by atoms with E-state index in [-0.39, 0.29) is 6.17 Å². The summed E-state index contributed by atoms with van der Waals surface area (Å²) >= 11 is 0. The molecule has 3 aromatic carbocycles. The zero-order valence-electron chi connectivity index (χ0n) is 17.6. The van der Waals surface area contributed by atoms with E-state index in [2.05, 4.69) is 67.9 Å². The summed E-state index contributed by atoms with van der Waals surface area (Å²) in [6, 6.07) is 27.0.